The molecule has 2 aromatic rings. The van der Waals surface area contributed by atoms with E-state index in [1.807, 2.05) is 12.3 Å². The molecule has 0 aliphatic rings. The molecule has 15 heavy (non-hydrogen) atoms. The number of hydrogen-bond acceptors (Lipinski definition) is 2. The summed E-state index contributed by atoms with van der Waals surface area (Å²) in [6.45, 7) is 4.26. The monoisotopic (exact) mass is 200 g/mol. The molecule has 0 aliphatic carbocycles. The molecule has 78 valence electrons. The zero-order valence-electron chi connectivity index (χ0n) is 9.14. The lowest BCUT2D eigenvalue weighted by molar-refractivity contribution is 0.514. The number of nitrogens with two attached hydrogens (primary N) is 1. The average Bonchev–Trinajstić information content (AvgIpc) is 2.27. The normalized spacial score (nSPS) is 13.3. The Morgan fingerprint density at radius 1 is 1.20 bits per heavy atom. The van der Waals surface area contributed by atoms with E-state index in [0.717, 1.165) is 16.5 Å². The second kappa shape index (κ2) is 3.99. The highest BCUT2D eigenvalue weighted by molar-refractivity contribution is 5.78. The van der Waals surface area contributed by atoms with Crippen LogP contribution >= 0.6 is 0 Å². The molecule has 2 N–H and O–H groups in total. The topological polar surface area (TPSA) is 38.9 Å². The van der Waals surface area contributed by atoms with Crippen LogP contribution in [0.5, 0.6) is 0 Å². The predicted octanol–water partition coefficient (Wildman–Crippen LogP) is 2.89. The van der Waals surface area contributed by atoms with Gasteiger partial charge in [0, 0.05) is 17.6 Å². The quantitative estimate of drug-likeness (QED) is 0.809. The third kappa shape index (κ3) is 2.00. The maximum absolute atomic E-state index is 6.10. The van der Waals surface area contributed by atoms with Gasteiger partial charge in [-0.25, -0.2) is 0 Å². The molecule has 1 aromatic carbocycles. The fourth-order valence-corrected chi connectivity index (χ4v) is 1.68. The van der Waals surface area contributed by atoms with Crippen LogP contribution in [-0.4, -0.2) is 4.98 Å². The standard InChI is InChI=1S/C13H16N2/c1-9(2)13(14)11-6-5-10-4-3-7-15-12(10)8-11/h3-9,13H,14H2,1-2H3. The largest absolute Gasteiger partial charge is 0.324 e. The summed E-state index contributed by atoms with van der Waals surface area (Å²) < 4.78 is 0. The van der Waals surface area contributed by atoms with Crippen molar-refractivity contribution in [1.82, 2.24) is 4.98 Å². The molecule has 0 spiro atoms. The fraction of sp³-hybridized carbons (Fsp3) is 0.308. The number of pyridine rings is 1. The van der Waals surface area contributed by atoms with Gasteiger partial charge in [-0.1, -0.05) is 32.0 Å². The molecule has 0 fully saturated rings. The fourth-order valence-electron chi connectivity index (χ4n) is 1.68. The van der Waals surface area contributed by atoms with Gasteiger partial charge in [0.1, 0.15) is 0 Å². The Hall–Kier alpha value is -1.41. The van der Waals surface area contributed by atoms with E-state index in [-0.39, 0.29) is 6.04 Å². The Morgan fingerprint density at radius 2 is 2.00 bits per heavy atom. The number of rotatable bonds is 2. The smallest absolute Gasteiger partial charge is 0.0705 e. The Kier molecular flexibility index (Phi) is 2.69. The maximum Gasteiger partial charge on any atom is 0.0705 e. The van der Waals surface area contributed by atoms with Crippen LogP contribution in [0.25, 0.3) is 10.9 Å². The first-order valence-electron chi connectivity index (χ1n) is 5.29. The molecule has 2 heteroatoms. The molecular weight excluding hydrogens is 184 g/mol. The molecule has 2 nitrogen and oxygen atoms in total. The van der Waals surface area contributed by atoms with Gasteiger partial charge in [0.2, 0.25) is 0 Å². The molecule has 0 radical (unpaired) electrons. The highest BCUT2D eigenvalue weighted by Crippen LogP contribution is 2.22. The van der Waals surface area contributed by atoms with Gasteiger partial charge in [-0.05, 0) is 23.6 Å². The zero-order valence-corrected chi connectivity index (χ0v) is 9.14. The molecule has 1 heterocycles. The van der Waals surface area contributed by atoms with Crippen LogP contribution in [0.3, 0.4) is 0 Å². The second-order valence-corrected chi connectivity index (χ2v) is 4.23. The zero-order chi connectivity index (χ0) is 10.8. The molecule has 1 atom stereocenters. The first-order chi connectivity index (χ1) is 7.18. The van der Waals surface area contributed by atoms with E-state index in [1.165, 1.54) is 0 Å². The SMILES string of the molecule is CC(C)C(N)c1ccc2cccnc2c1. The van der Waals surface area contributed by atoms with Crippen molar-refractivity contribution < 1.29 is 0 Å². The third-order valence-electron chi connectivity index (χ3n) is 2.73. The molecule has 2 rings (SSSR count). The molecule has 1 unspecified atom stereocenters. The minimum Gasteiger partial charge on any atom is -0.324 e. The molecule has 0 saturated heterocycles. The molecule has 0 aliphatic heterocycles. The van der Waals surface area contributed by atoms with Crippen molar-refractivity contribution in [3.63, 3.8) is 0 Å². The Balaban J connectivity index is 2.47. The minimum absolute atomic E-state index is 0.0939. The van der Waals surface area contributed by atoms with E-state index in [1.54, 1.807) is 0 Å². The lowest BCUT2D eigenvalue weighted by Gasteiger charge is -2.16. The Bertz CT molecular complexity index is 463. The second-order valence-electron chi connectivity index (χ2n) is 4.23. The van der Waals surface area contributed by atoms with Crippen molar-refractivity contribution >= 4 is 10.9 Å². The van der Waals surface area contributed by atoms with E-state index in [4.69, 9.17) is 5.73 Å². The number of benzene rings is 1. The van der Waals surface area contributed by atoms with Crippen molar-refractivity contribution in [2.45, 2.75) is 19.9 Å². The first kappa shape index (κ1) is 10.1. The lowest BCUT2D eigenvalue weighted by atomic mass is 9.96. The minimum atomic E-state index is 0.0939. The van der Waals surface area contributed by atoms with Gasteiger partial charge in [0.05, 0.1) is 5.52 Å². The molecule has 0 bridgehead atoms. The van der Waals surface area contributed by atoms with Gasteiger partial charge in [-0.3, -0.25) is 4.98 Å². The number of nitrogens with zero attached hydrogens (tertiary/aromatic N) is 1. The van der Waals surface area contributed by atoms with Crippen molar-refractivity contribution in [3.8, 4) is 0 Å². The van der Waals surface area contributed by atoms with Crippen LogP contribution in [0.1, 0.15) is 25.5 Å². The van der Waals surface area contributed by atoms with Gasteiger partial charge in [-0.15, -0.1) is 0 Å². The van der Waals surface area contributed by atoms with Crippen molar-refractivity contribution in [2.75, 3.05) is 0 Å². The average molecular weight is 200 g/mol. The number of aromatic nitrogens is 1. The predicted molar refractivity (Wildman–Crippen MR) is 63.5 cm³/mol. The van der Waals surface area contributed by atoms with Crippen LogP contribution in [0.4, 0.5) is 0 Å². The van der Waals surface area contributed by atoms with E-state index >= 15 is 0 Å². The Morgan fingerprint density at radius 3 is 2.73 bits per heavy atom. The number of fused-ring (bicyclic) bond motifs is 1. The van der Waals surface area contributed by atoms with E-state index < -0.39 is 0 Å². The summed E-state index contributed by atoms with van der Waals surface area (Å²) >= 11 is 0. The molecule has 0 amide bonds. The number of hydrogen-bond donors (Lipinski definition) is 1. The highest BCUT2D eigenvalue weighted by atomic mass is 14.7. The summed E-state index contributed by atoms with van der Waals surface area (Å²) in [4.78, 5) is 4.33. The summed E-state index contributed by atoms with van der Waals surface area (Å²) in [6, 6.07) is 10.4. The molecular formula is C13H16N2. The summed E-state index contributed by atoms with van der Waals surface area (Å²) in [7, 11) is 0. The lowest BCUT2D eigenvalue weighted by Crippen LogP contribution is -2.16. The van der Waals surface area contributed by atoms with Gasteiger partial charge < -0.3 is 5.73 Å². The van der Waals surface area contributed by atoms with Gasteiger partial charge in [0.15, 0.2) is 0 Å². The van der Waals surface area contributed by atoms with Crippen LogP contribution in [-0.2, 0) is 0 Å². The van der Waals surface area contributed by atoms with Crippen molar-refractivity contribution in [1.29, 1.82) is 0 Å². The Labute approximate surface area is 90.1 Å². The highest BCUT2D eigenvalue weighted by Gasteiger charge is 2.10. The molecule has 0 saturated carbocycles. The van der Waals surface area contributed by atoms with Crippen molar-refractivity contribution in [3.05, 3.63) is 42.1 Å². The first-order valence-corrected chi connectivity index (χ1v) is 5.29. The summed E-state index contributed by atoms with van der Waals surface area (Å²) in [5, 5.41) is 1.16. The van der Waals surface area contributed by atoms with Gasteiger partial charge in [0.25, 0.3) is 0 Å². The van der Waals surface area contributed by atoms with E-state index in [9.17, 15) is 0 Å². The third-order valence-corrected chi connectivity index (χ3v) is 2.73. The summed E-state index contributed by atoms with van der Waals surface area (Å²) in [6.07, 6.45) is 1.81. The van der Waals surface area contributed by atoms with Crippen LogP contribution in [0, 0.1) is 5.92 Å². The van der Waals surface area contributed by atoms with E-state index in [2.05, 4.69) is 43.1 Å². The summed E-state index contributed by atoms with van der Waals surface area (Å²) in [5.41, 5.74) is 8.28. The van der Waals surface area contributed by atoms with E-state index in [0.29, 0.717) is 5.92 Å². The van der Waals surface area contributed by atoms with Crippen LogP contribution in [0.15, 0.2) is 36.5 Å². The van der Waals surface area contributed by atoms with Crippen LogP contribution in [0.2, 0.25) is 0 Å². The maximum atomic E-state index is 6.10. The summed E-state index contributed by atoms with van der Waals surface area (Å²) in [5.74, 6) is 0.450. The van der Waals surface area contributed by atoms with Crippen LogP contribution < -0.4 is 5.73 Å². The van der Waals surface area contributed by atoms with Crippen molar-refractivity contribution in [2.24, 2.45) is 11.7 Å². The van der Waals surface area contributed by atoms with Gasteiger partial charge in [-0.2, -0.15) is 0 Å². The molecule has 1 aromatic heterocycles. The van der Waals surface area contributed by atoms with Gasteiger partial charge >= 0.3 is 0 Å².